The number of amides is 1. The molecule has 1 aliphatic rings. The Labute approximate surface area is 120 Å². The maximum Gasteiger partial charge on any atom is 0.255 e. The maximum absolute atomic E-state index is 12.4. The maximum atomic E-state index is 12.4. The Morgan fingerprint density at radius 2 is 2.00 bits per heavy atom. The molecule has 1 amide bonds. The molecular formula is C15H23N3O2. The van der Waals surface area contributed by atoms with Gasteiger partial charge in [0.05, 0.1) is 12.2 Å². The van der Waals surface area contributed by atoms with Crippen LogP contribution >= 0.6 is 0 Å². The van der Waals surface area contributed by atoms with Crippen LogP contribution in [0.4, 0.5) is 0 Å². The van der Waals surface area contributed by atoms with Gasteiger partial charge in [-0.3, -0.25) is 14.7 Å². The fourth-order valence-electron chi connectivity index (χ4n) is 2.37. The molecule has 0 saturated carbocycles. The zero-order valence-corrected chi connectivity index (χ0v) is 12.2. The largest absolute Gasteiger partial charge is 0.395 e. The molecule has 0 aromatic carbocycles. The first-order valence-electron chi connectivity index (χ1n) is 7.20. The number of carbonyl (C=O) groups excluding carboxylic acids is 1. The first-order valence-corrected chi connectivity index (χ1v) is 7.20. The molecule has 0 spiro atoms. The van der Waals surface area contributed by atoms with Gasteiger partial charge in [-0.15, -0.1) is 0 Å². The topological polar surface area (TPSA) is 56.7 Å². The van der Waals surface area contributed by atoms with E-state index >= 15 is 0 Å². The van der Waals surface area contributed by atoms with E-state index in [1.807, 2.05) is 17.0 Å². The first kappa shape index (κ1) is 14.9. The number of carbonyl (C=O) groups is 1. The van der Waals surface area contributed by atoms with E-state index in [4.69, 9.17) is 5.11 Å². The molecule has 110 valence electrons. The molecule has 0 unspecified atom stereocenters. The number of β-amino-alcohol motifs (C(OH)–C–C–N with tert-alkyl or cyclic N) is 1. The van der Waals surface area contributed by atoms with Crippen molar-refractivity contribution in [3.8, 4) is 0 Å². The molecular weight excluding hydrogens is 254 g/mol. The zero-order valence-electron chi connectivity index (χ0n) is 12.2. The van der Waals surface area contributed by atoms with Crippen molar-refractivity contribution < 1.29 is 9.90 Å². The quantitative estimate of drug-likeness (QED) is 0.890. The Hall–Kier alpha value is -1.46. The molecule has 1 saturated heterocycles. The number of piperazine rings is 1. The molecule has 0 radical (unpaired) electrons. The monoisotopic (exact) mass is 277 g/mol. The van der Waals surface area contributed by atoms with E-state index in [2.05, 4.69) is 23.7 Å². The van der Waals surface area contributed by atoms with Crippen LogP contribution in [0.3, 0.4) is 0 Å². The molecule has 1 aliphatic heterocycles. The van der Waals surface area contributed by atoms with Crippen LogP contribution in [0.15, 0.2) is 18.3 Å². The number of hydrogen-bond acceptors (Lipinski definition) is 4. The number of aliphatic hydroxyl groups excluding tert-OH is 1. The van der Waals surface area contributed by atoms with Gasteiger partial charge in [0.2, 0.25) is 0 Å². The van der Waals surface area contributed by atoms with E-state index in [0.717, 1.165) is 18.8 Å². The fourth-order valence-corrected chi connectivity index (χ4v) is 2.37. The summed E-state index contributed by atoms with van der Waals surface area (Å²) < 4.78 is 0. The van der Waals surface area contributed by atoms with E-state index in [0.29, 0.717) is 31.1 Å². The van der Waals surface area contributed by atoms with E-state index < -0.39 is 0 Å². The normalized spacial score (nSPS) is 16.7. The summed E-state index contributed by atoms with van der Waals surface area (Å²) in [5.74, 6) is 0.428. The summed E-state index contributed by atoms with van der Waals surface area (Å²) >= 11 is 0. The van der Waals surface area contributed by atoms with Gasteiger partial charge >= 0.3 is 0 Å². The van der Waals surface area contributed by atoms with Crippen molar-refractivity contribution in [3.63, 3.8) is 0 Å². The Kier molecular flexibility index (Phi) is 5.09. The molecule has 2 heterocycles. The molecule has 1 aromatic heterocycles. The molecule has 0 atom stereocenters. The molecule has 2 rings (SSSR count). The third-order valence-corrected chi connectivity index (χ3v) is 3.70. The minimum Gasteiger partial charge on any atom is -0.395 e. The minimum atomic E-state index is 0.0523. The molecule has 20 heavy (non-hydrogen) atoms. The lowest BCUT2D eigenvalue weighted by atomic mass is 10.1. The summed E-state index contributed by atoms with van der Waals surface area (Å²) in [5, 5.41) is 8.91. The van der Waals surface area contributed by atoms with Crippen LogP contribution in [0, 0.1) is 0 Å². The summed E-state index contributed by atoms with van der Waals surface area (Å²) in [7, 11) is 0. The second-order valence-corrected chi connectivity index (χ2v) is 5.48. The molecule has 5 nitrogen and oxygen atoms in total. The number of nitrogens with zero attached hydrogens (tertiary/aromatic N) is 3. The van der Waals surface area contributed by atoms with Crippen LogP contribution in [0.25, 0.3) is 0 Å². The van der Waals surface area contributed by atoms with E-state index in [-0.39, 0.29) is 12.5 Å². The van der Waals surface area contributed by atoms with Crippen LogP contribution in [-0.2, 0) is 0 Å². The SMILES string of the molecule is CC(C)c1ccc(C(=O)N2CCN(CCO)CC2)cn1. The first-order chi connectivity index (χ1) is 9.61. The van der Waals surface area contributed by atoms with Gasteiger partial charge in [0.15, 0.2) is 0 Å². The third-order valence-electron chi connectivity index (χ3n) is 3.70. The highest BCUT2D eigenvalue weighted by molar-refractivity contribution is 5.94. The Morgan fingerprint density at radius 3 is 2.50 bits per heavy atom. The van der Waals surface area contributed by atoms with Crippen LogP contribution in [0.1, 0.15) is 35.8 Å². The average Bonchev–Trinajstić information content (AvgIpc) is 2.48. The number of aliphatic hydroxyl groups is 1. The van der Waals surface area contributed by atoms with E-state index in [1.165, 1.54) is 0 Å². The van der Waals surface area contributed by atoms with Gasteiger partial charge in [-0.2, -0.15) is 0 Å². The van der Waals surface area contributed by atoms with Crippen molar-refractivity contribution in [2.24, 2.45) is 0 Å². The van der Waals surface area contributed by atoms with Gasteiger partial charge in [-0.25, -0.2) is 0 Å². The number of hydrogen-bond donors (Lipinski definition) is 1. The zero-order chi connectivity index (χ0) is 14.5. The summed E-state index contributed by atoms with van der Waals surface area (Å²) in [6.07, 6.45) is 1.68. The van der Waals surface area contributed by atoms with E-state index in [1.54, 1.807) is 6.20 Å². The lowest BCUT2D eigenvalue weighted by molar-refractivity contribution is 0.0614. The predicted octanol–water partition coefficient (Wildman–Crippen LogP) is 0.955. The molecule has 1 fully saturated rings. The molecule has 0 aliphatic carbocycles. The molecule has 0 bridgehead atoms. The van der Waals surface area contributed by atoms with Gasteiger partial charge < -0.3 is 10.0 Å². The van der Waals surface area contributed by atoms with Crippen molar-refractivity contribution in [1.82, 2.24) is 14.8 Å². The van der Waals surface area contributed by atoms with Gasteiger partial charge in [-0.05, 0) is 18.1 Å². The third kappa shape index (κ3) is 3.55. The van der Waals surface area contributed by atoms with Crippen LogP contribution in [0.5, 0.6) is 0 Å². The van der Waals surface area contributed by atoms with Crippen molar-refractivity contribution in [2.45, 2.75) is 19.8 Å². The lowest BCUT2D eigenvalue weighted by Gasteiger charge is -2.34. The molecule has 1 N–H and O–H groups in total. The van der Waals surface area contributed by atoms with Gasteiger partial charge in [0.25, 0.3) is 5.91 Å². The van der Waals surface area contributed by atoms with Gasteiger partial charge in [-0.1, -0.05) is 13.8 Å². The highest BCUT2D eigenvalue weighted by Gasteiger charge is 2.21. The van der Waals surface area contributed by atoms with Gasteiger partial charge in [0.1, 0.15) is 0 Å². The highest BCUT2D eigenvalue weighted by atomic mass is 16.3. The second kappa shape index (κ2) is 6.81. The van der Waals surface area contributed by atoms with Gasteiger partial charge in [0, 0.05) is 44.6 Å². The Balaban J connectivity index is 1.95. The smallest absolute Gasteiger partial charge is 0.255 e. The lowest BCUT2D eigenvalue weighted by Crippen LogP contribution is -2.49. The Bertz CT molecular complexity index is 437. The van der Waals surface area contributed by atoms with Crippen molar-refractivity contribution in [3.05, 3.63) is 29.6 Å². The van der Waals surface area contributed by atoms with Crippen LogP contribution in [-0.4, -0.2) is 65.1 Å². The van der Waals surface area contributed by atoms with Crippen molar-refractivity contribution >= 4 is 5.91 Å². The number of aromatic nitrogens is 1. The number of pyridine rings is 1. The number of rotatable bonds is 4. The highest BCUT2D eigenvalue weighted by Crippen LogP contribution is 2.13. The van der Waals surface area contributed by atoms with E-state index in [9.17, 15) is 4.79 Å². The van der Waals surface area contributed by atoms with Crippen LogP contribution < -0.4 is 0 Å². The summed E-state index contributed by atoms with van der Waals surface area (Å²) in [5.41, 5.74) is 1.67. The van der Waals surface area contributed by atoms with Crippen molar-refractivity contribution in [2.75, 3.05) is 39.3 Å². The van der Waals surface area contributed by atoms with Crippen molar-refractivity contribution in [1.29, 1.82) is 0 Å². The Morgan fingerprint density at radius 1 is 1.30 bits per heavy atom. The predicted molar refractivity (Wildman–Crippen MR) is 77.8 cm³/mol. The minimum absolute atomic E-state index is 0.0523. The summed E-state index contributed by atoms with van der Waals surface area (Å²) in [4.78, 5) is 20.7. The summed E-state index contributed by atoms with van der Waals surface area (Å²) in [6, 6.07) is 3.80. The average molecular weight is 277 g/mol. The van der Waals surface area contributed by atoms with Crippen LogP contribution in [0.2, 0.25) is 0 Å². The second-order valence-electron chi connectivity index (χ2n) is 5.48. The summed E-state index contributed by atoms with van der Waals surface area (Å²) in [6.45, 7) is 8.11. The fraction of sp³-hybridized carbons (Fsp3) is 0.600. The standard InChI is InChI=1S/C15H23N3O2/c1-12(2)14-4-3-13(11-16-14)15(20)18-7-5-17(6-8-18)9-10-19/h3-4,11-12,19H,5-10H2,1-2H3. The molecule has 1 aromatic rings. The molecule has 5 heteroatoms.